The minimum Gasteiger partial charge on any atom is -0.320 e. The highest BCUT2D eigenvalue weighted by Gasteiger charge is 2.25. The number of nitrogens with one attached hydrogen (secondary N) is 1. The van der Waals surface area contributed by atoms with Gasteiger partial charge in [-0.05, 0) is 51.6 Å². The lowest BCUT2D eigenvalue weighted by Gasteiger charge is -2.41. The Hall–Kier alpha value is -0.610. The van der Waals surface area contributed by atoms with Crippen molar-refractivity contribution in [2.75, 3.05) is 39.8 Å². The summed E-state index contributed by atoms with van der Waals surface area (Å²) in [6.45, 7) is 10.2. The van der Waals surface area contributed by atoms with Crippen molar-refractivity contribution < 1.29 is 0 Å². The summed E-state index contributed by atoms with van der Waals surface area (Å²) < 4.78 is 0. The molecule has 0 aromatic heterocycles. The number of benzene rings is 1. The fourth-order valence-corrected chi connectivity index (χ4v) is 3.32. The molecule has 118 valence electrons. The number of nitrogens with zero attached hydrogens (tertiary/aromatic N) is 2. The molecule has 1 aromatic rings. The van der Waals surface area contributed by atoms with Crippen LogP contribution in [-0.2, 0) is 0 Å². The third-order valence-corrected chi connectivity index (χ3v) is 4.66. The van der Waals surface area contributed by atoms with Crippen molar-refractivity contribution in [3.63, 3.8) is 0 Å². The van der Waals surface area contributed by atoms with E-state index in [9.17, 15) is 0 Å². The molecule has 0 unspecified atom stereocenters. The monoisotopic (exact) mass is 309 g/mol. The smallest absolute Gasteiger partial charge is 0.0409 e. The van der Waals surface area contributed by atoms with Crippen molar-refractivity contribution in [1.29, 1.82) is 0 Å². The van der Waals surface area contributed by atoms with Crippen LogP contribution in [0.4, 0.5) is 0 Å². The number of hydrogen-bond donors (Lipinski definition) is 1. The zero-order valence-electron chi connectivity index (χ0n) is 13.5. The number of halogens is 1. The quantitative estimate of drug-likeness (QED) is 0.871. The van der Waals surface area contributed by atoms with Crippen LogP contribution >= 0.6 is 11.6 Å². The van der Waals surface area contributed by atoms with Crippen molar-refractivity contribution in [2.45, 2.75) is 32.4 Å². The van der Waals surface area contributed by atoms with E-state index in [0.717, 1.165) is 44.2 Å². The number of hydrogen-bond acceptors (Lipinski definition) is 3. The zero-order chi connectivity index (χ0) is 15.2. The normalized spacial score (nSPS) is 19.1. The van der Waals surface area contributed by atoms with E-state index in [1.165, 1.54) is 5.56 Å². The van der Waals surface area contributed by atoms with Gasteiger partial charge >= 0.3 is 0 Å². The van der Waals surface area contributed by atoms with Gasteiger partial charge in [-0.2, -0.15) is 0 Å². The molecule has 0 aliphatic carbocycles. The Morgan fingerprint density at radius 3 is 2.38 bits per heavy atom. The molecule has 0 spiro atoms. The van der Waals surface area contributed by atoms with Crippen molar-refractivity contribution in [3.05, 3.63) is 34.9 Å². The van der Waals surface area contributed by atoms with Crippen molar-refractivity contribution in [2.24, 2.45) is 0 Å². The first-order chi connectivity index (χ1) is 10.1. The molecule has 0 amide bonds. The highest BCUT2D eigenvalue weighted by atomic mass is 35.5. The Balaban J connectivity index is 2.06. The fourth-order valence-electron chi connectivity index (χ4n) is 3.12. The summed E-state index contributed by atoms with van der Waals surface area (Å²) in [4.78, 5) is 5.17. The first-order valence-electron chi connectivity index (χ1n) is 8.00. The van der Waals surface area contributed by atoms with Gasteiger partial charge in [0.25, 0.3) is 0 Å². The molecule has 2 rings (SSSR count). The lowest BCUT2D eigenvalue weighted by Crippen LogP contribution is -2.50. The molecule has 1 aliphatic heterocycles. The Kier molecular flexibility index (Phi) is 6.49. The van der Waals surface area contributed by atoms with E-state index < -0.39 is 0 Å². The molecule has 1 N–H and O–H groups in total. The largest absolute Gasteiger partial charge is 0.320 e. The van der Waals surface area contributed by atoms with Gasteiger partial charge in [-0.25, -0.2) is 0 Å². The molecule has 1 fully saturated rings. The second-order valence-corrected chi connectivity index (χ2v) is 6.57. The Bertz CT molecular complexity index is 428. The van der Waals surface area contributed by atoms with Crippen molar-refractivity contribution >= 4 is 11.6 Å². The molecule has 1 aliphatic rings. The second-order valence-electron chi connectivity index (χ2n) is 6.13. The molecule has 1 heterocycles. The molecular formula is C17H28ClN3. The van der Waals surface area contributed by atoms with E-state index in [1.807, 2.05) is 13.1 Å². The van der Waals surface area contributed by atoms with Gasteiger partial charge in [0.2, 0.25) is 0 Å². The molecule has 21 heavy (non-hydrogen) atoms. The highest BCUT2D eigenvalue weighted by Crippen LogP contribution is 2.27. The highest BCUT2D eigenvalue weighted by molar-refractivity contribution is 6.30. The molecule has 0 radical (unpaired) electrons. The minimum absolute atomic E-state index is 0.463. The van der Waals surface area contributed by atoms with Crippen LogP contribution in [0.5, 0.6) is 0 Å². The summed E-state index contributed by atoms with van der Waals surface area (Å²) in [5.74, 6) is 0. The van der Waals surface area contributed by atoms with Crippen LogP contribution in [0.1, 0.15) is 31.9 Å². The lowest BCUT2D eigenvalue weighted by molar-refractivity contribution is 0.0748. The van der Waals surface area contributed by atoms with E-state index >= 15 is 0 Å². The van der Waals surface area contributed by atoms with Gasteiger partial charge in [0.15, 0.2) is 0 Å². The van der Waals surface area contributed by atoms with Crippen LogP contribution in [0, 0.1) is 0 Å². The van der Waals surface area contributed by atoms with E-state index in [1.54, 1.807) is 0 Å². The molecule has 1 aromatic carbocycles. The van der Waals surface area contributed by atoms with Gasteiger partial charge in [-0.1, -0.05) is 23.7 Å². The predicted octanol–water partition coefficient (Wildman–Crippen LogP) is 3.02. The van der Waals surface area contributed by atoms with Gasteiger partial charge in [-0.3, -0.25) is 9.80 Å². The van der Waals surface area contributed by atoms with Crippen LogP contribution in [0.3, 0.4) is 0 Å². The Labute approximate surface area is 134 Å². The zero-order valence-corrected chi connectivity index (χ0v) is 14.2. The standard InChI is InChI=1S/C17H28ClN3/c1-14(2)20-9-11-21(12-10-20)17(7-8-19-3)15-5-4-6-16(18)13-15/h4-6,13-14,17,19H,7-12H2,1-3H3/t17-/m0/s1. The Morgan fingerprint density at radius 1 is 1.14 bits per heavy atom. The molecule has 4 heteroatoms. The second kappa shape index (κ2) is 8.14. The molecular weight excluding hydrogens is 282 g/mol. The van der Waals surface area contributed by atoms with Crippen LogP contribution in [-0.4, -0.2) is 55.6 Å². The van der Waals surface area contributed by atoms with Crippen LogP contribution < -0.4 is 5.32 Å². The first-order valence-corrected chi connectivity index (χ1v) is 8.37. The SMILES string of the molecule is CNCC[C@@H](c1cccc(Cl)c1)N1CCN(C(C)C)CC1. The predicted molar refractivity (Wildman–Crippen MR) is 91.0 cm³/mol. The van der Waals surface area contributed by atoms with E-state index in [-0.39, 0.29) is 0 Å². The molecule has 1 atom stereocenters. The number of piperazine rings is 1. The average molecular weight is 310 g/mol. The maximum absolute atomic E-state index is 6.18. The molecule has 1 saturated heterocycles. The van der Waals surface area contributed by atoms with Gasteiger partial charge < -0.3 is 5.32 Å². The maximum atomic E-state index is 6.18. The first kappa shape index (κ1) is 16.8. The summed E-state index contributed by atoms with van der Waals surface area (Å²) in [7, 11) is 2.02. The third kappa shape index (κ3) is 4.68. The molecule has 0 saturated carbocycles. The minimum atomic E-state index is 0.463. The topological polar surface area (TPSA) is 18.5 Å². The molecule has 0 bridgehead atoms. The van der Waals surface area contributed by atoms with Gasteiger partial charge in [0.1, 0.15) is 0 Å². The third-order valence-electron chi connectivity index (χ3n) is 4.42. The van der Waals surface area contributed by atoms with Gasteiger partial charge in [0.05, 0.1) is 0 Å². The summed E-state index contributed by atoms with van der Waals surface area (Å²) in [5.41, 5.74) is 1.34. The Morgan fingerprint density at radius 2 is 1.81 bits per heavy atom. The lowest BCUT2D eigenvalue weighted by atomic mass is 10.0. The van der Waals surface area contributed by atoms with Gasteiger partial charge in [-0.15, -0.1) is 0 Å². The van der Waals surface area contributed by atoms with E-state index in [0.29, 0.717) is 12.1 Å². The number of rotatable bonds is 6. The summed E-state index contributed by atoms with van der Waals surface area (Å²) >= 11 is 6.18. The fraction of sp³-hybridized carbons (Fsp3) is 0.647. The van der Waals surface area contributed by atoms with Crippen LogP contribution in [0.25, 0.3) is 0 Å². The maximum Gasteiger partial charge on any atom is 0.0409 e. The van der Waals surface area contributed by atoms with E-state index in [2.05, 4.69) is 47.2 Å². The van der Waals surface area contributed by atoms with E-state index in [4.69, 9.17) is 11.6 Å². The van der Waals surface area contributed by atoms with Crippen LogP contribution in [0.2, 0.25) is 5.02 Å². The summed E-state index contributed by atoms with van der Waals surface area (Å²) in [6, 6.07) is 9.46. The van der Waals surface area contributed by atoms with Crippen molar-refractivity contribution in [3.8, 4) is 0 Å². The average Bonchev–Trinajstić information content (AvgIpc) is 2.48. The molecule has 3 nitrogen and oxygen atoms in total. The summed E-state index contributed by atoms with van der Waals surface area (Å²) in [6.07, 6.45) is 1.12. The summed E-state index contributed by atoms with van der Waals surface area (Å²) in [5, 5.41) is 4.11. The van der Waals surface area contributed by atoms with Gasteiger partial charge in [0, 0.05) is 43.3 Å². The van der Waals surface area contributed by atoms with Crippen molar-refractivity contribution in [1.82, 2.24) is 15.1 Å². The van der Waals surface area contributed by atoms with Crippen LogP contribution in [0.15, 0.2) is 24.3 Å².